The second-order valence-electron chi connectivity index (χ2n) is 7.26. The summed E-state index contributed by atoms with van der Waals surface area (Å²) in [5, 5.41) is 12.2. The van der Waals surface area contributed by atoms with Crippen LogP contribution in [0.15, 0.2) is 30.3 Å². The number of hydrogen-bond donors (Lipinski definition) is 2. The van der Waals surface area contributed by atoms with E-state index in [-0.39, 0.29) is 18.6 Å². The number of amides is 2. The van der Waals surface area contributed by atoms with Crippen molar-refractivity contribution in [3.05, 3.63) is 35.9 Å². The largest absolute Gasteiger partial charge is 0.394 e. The molecule has 1 aromatic rings. The van der Waals surface area contributed by atoms with Crippen molar-refractivity contribution in [2.75, 3.05) is 13.2 Å². The molecule has 0 spiro atoms. The third kappa shape index (κ3) is 4.23. The summed E-state index contributed by atoms with van der Waals surface area (Å²) in [6, 6.07) is 9.31. The molecule has 0 unspecified atom stereocenters. The molecule has 0 aromatic heterocycles. The number of ether oxygens (including phenoxy) is 2. The maximum Gasteiger partial charge on any atom is 0.255 e. The lowest BCUT2D eigenvalue weighted by Crippen LogP contribution is -2.52. The van der Waals surface area contributed by atoms with Gasteiger partial charge in [0.05, 0.1) is 19.2 Å². The van der Waals surface area contributed by atoms with Crippen LogP contribution in [0.4, 0.5) is 0 Å². The molecule has 142 valence electrons. The minimum absolute atomic E-state index is 0.153. The zero-order valence-corrected chi connectivity index (χ0v) is 15.1. The first kappa shape index (κ1) is 18.8. The number of nitrogens with one attached hydrogen (secondary N) is 1. The van der Waals surface area contributed by atoms with Crippen molar-refractivity contribution < 1.29 is 24.2 Å². The van der Waals surface area contributed by atoms with Crippen molar-refractivity contribution in [2.24, 2.45) is 5.92 Å². The van der Waals surface area contributed by atoms with E-state index in [1.54, 1.807) is 4.90 Å². The highest BCUT2D eigenvalue weighted by Gasteiger charge is 2.51. The molecule has 0 saturated carbocycles. The molecule has 2 fully saturated rings. The molecule has 7 nitrogen and oxygen atoms in total. The standard InChI is InChI=1S/C19H26N2O5/c1-12(2)8-14(11-22)20-18(23)16-17-19(24)21(10-15(25-16)26-17)9-13-6-4-3-5-7-13/h3-7,12,14-17,22H,8-11H2,1-2H3,(H,20,23)/t14-,15+,16+,17-/m1/s1. The molecule has 4 atom stereocenters. The van der Waals surface area contributed by atoms with Gasteiger partial charge in [0.15, 0.2) is 18.5 Å². The van der Waals surface area contributed by atoms with Gasteiger partial charge in [0.1, 0.15) is 0 Å². The van der Waals surface area contributed by atoms with Crippen LogP contribution in [0.1, 0.15) is 25.8 Å². The predicted molar refractivity (Wildman–Crippen MR) is 93.9 cm³/mol. The molecule has 2 heterocycles. The molecular weight excluding hydrogens is 336 g/mol. The van der Waals surface area contributed by atoms with E-state index in [0.717, 1.165) is 5.56 Å². The van der Waals surface area contributed by atoms with E-state index in [1.165, 1.54) is 0 Å². The van der Waals surface area contributed by atoms with E-state index in [4.69, 9.17) is 9.47 Å². The molecule has 26 heavy (non-hydrogen) atoms. The number of carbonyl (C=O) groups is 2. The topological polar surface area (TPSA) is 88.1 Å². The fourth-order valence-corrected chi connectivity index (χ4v) is 3.40. The van der Waals surface area contributed by atoms with Gasteiger partial charge in [-0.1, -0.05) is 44.2 Å². The molecular formula is C19H26N2O5. The van der Waals surface area contributed by atoms with Gasteiger partial charge < -0.3 is 24.8 Å². The van der Waals surface area contributed by atoms with Gasteiger partial charge >= 0.3 is 0 Å². The third-order valence-corrected chi connectivity index (χ3v) is 4.59. The number of benzene rings is 1. The summed E-state index contributed by atoms with van der Waals surface area (Å²) >= 11 is 0. The van der Waals surface area contributed by atoms with Gasteiger partial charge in [-0.3, -0.25) is 9.59 Å². The van der Waals surface area contributed by atoms with Crippen molar-refractivity contribution in [1.82, 2.24) is 10.2 Å². The van der Waals surface area contributed by atoms with Gasteiger partial charge in [0.25, 0.3) is 11.8 Å². The number of morpholine rings is 1. The number of aliphatic hydroxyl groups is 1. The highest BCUT2D eigenvalue weighted by Crippen LogP contribution is 2.28. The van der Waals surface area contributed by atoms with Gasteiger partial charge in [-0.2, -0.15) is 0 Å². The summed E-state index contributed by atoms with van der Waals surface area (Å²) in [7, 11) is 0. The Bertz CT molecular complexity index is 636. The third-order valence-electron chi connectivity index (χ3n) is 4.59. The van der Waals surface area contributed by atoms with Gasteiger partial charge in [-0.15, -0.1) is 0 Å². The zero-order valence-electron chi connectivity index (χ0n) is 15.1. The molecule has 0 aliphatic carbocycles. The molecule has 2 aliphatic rings. The first-order valence-corrected chi connectivity index (χ1v) is 9.02. The predicted octanol–water partition coefficient (Wildman–Crippen LogP) is 0.662. The van der Waals surface area contributed by atoms with Crippen LogP contribution in [-0.2, 0) is 25.6 Å². The number of rotatable bonds is 7. The van der Waals surface area contributed by atoms with Crippen molar-refractivity contribution in [3.8, 4) is 0 Å². The van der Waals surface area contributed by atoms with E-state index in [1.807, 2.05) is 44.2 Å². The van der Waals surface area contributed by atoms with Gasteiger partial charge in [0.2, 0.25) is 0 Å². The Hall–Kier alpha value is -1.96. The number of carbonyl (C=O) groups excluding carboxylic acids is 2. The first-order valence-electron chi connectivity index (χ1n) is 9.02. The first-order chi connectivity index (χ1) is 12.5. The van der Waals surface area contributed by atoms with Crippen LogP contribution in [-0.4, -0.2) is 59.5 Å². The number of aliphatic hydroxyl groups excluding tert-OH is 1. The Labute approximate surface area is 153 Å². The molecule has 0 radical (unpaired) electrons. The van der Waals surface area contributed by atoms with Crippen LogP contribution in [0.2, 0.25) is 0 Å². The summed E-state index contributed by atoms with van der Waals surface area (Å²) in [5.74, 6) is -0.324. The second kappa shape index (κ2) is 8.16. The monoisotopic (exact) mass is 362 g/mol. The quantitative estimate of drug-likeness (QED) is 0.744. The number of fused-ring (bicyclic) bond motifs is 2. The fourth-order valence-electron chi connectivity index (χ4n) is 3.40. The van der Waals surface area contributed by atoms with Crippen molar-refractivity contribution in [3.63, 3.8) is 0 Å². The Kier molecular flexibility index (Phi) is 5.90. The molecule has 2 aliphatic heterocycles. The Morgan fingerprint density at radius 2 is 2.04 bits per heavy atom. The van der Waals surface area contributed by atoms with Gasteiger partial charge in [-0.25, -0.2) is 0 Å². The highest BCUT2D eigenvalue weighted by atomic mass is 16.7. The van der Waals surface area contributed by atoms with E-state index < -0.39 is 24.4 Å². The Balaban J connectivity index is 1.63. The lowest BCUT2D eigenvalue weighted by molar-refractivity contribution is -0.162. The van der Waals surface area contributed by atoms with Crippen LogP contribution < -0.4 is 5.32 Å². The Morgan fingerprint density at radius 1 is 1.31 bits per heavy atom. The van der Waals surface area contributed by atoms with Crippen molar-refractivity contribution in [1.29, 1.82) is 0 Å². The molecule has 3 rings (SSSR count). The fraction of sp³-hybridized carbons (Fsp3) is 0.579. The van der Waals surface area contributed by atoms with E-state index in [0.29, 0.717) is 25.4 Å². The molecule has 7 heteroatoms. The second-order valence-corrected chi connectivity index (χ2v) is 7.26. The smallest absolute Gasteiger partial charge is 0.255 e. The van der Waals surface area contributed by atoms with Crippen LogP contribution >= 0.6 is 0 Å². The van der Waals surface area contributed by atoms with E-state index >= 15 is 0 Å². The minimum Gasteiger partial charge on any atom is -0.394 e. The summed E-state index contributed by atoms with van der Waals surface area (Å²) in [6.07, 6.45) is -1.86. The van der Waals surface area contributed by atoms with Gasteiger partial charge in [-0.05, 0) is 17.9 Å². The van der Waals surface area contributed by atoms with E-state index in [9.17, 15) is 14.7 Å². The molecule has 2 bridgehead atoms. The highest BCUT2D eigenvalue weighted by molar-refractivity contribution is 5.92. The lowest BCUT2D eigenvalue weighted by Gasteiger charge is -2.30. The number of hydrogen-bond acceptors (Lipinski definition) is 5. The summed E-state index contributed by atoms with van der Waals surface area (Å²) in [6.45, 7) is 4.63. The average Bonchev–Trinajstić information content (AvgIpc) is 2.99. The van der Waals surface area contributed by atoms with Crippen LogP contribution in [0.5, 0.6) is 0 Å². The number of nitrogens with zero attached hydrogens (tertiary/aromatic N) is 1. The average molecular weight is 362 g/mol. The molecule has 1 aromatic carbocycles. The zero-order chi connectivity index (χ0) is 18.7. The minimum atomic E-state index is -0.977. The molecule has 2 N–H and O–H groups in total. The summed E-state index contributed by atoms with van der Waals surface area (Å²) in [5.41, 5.74) is 1.01. The lowest BCUT2D eigenvalue weighted by atomic mass is 10.0. The normalized spacial score (nSPS) is 26.2. The molecule has 2 saturated heterocycles. The van der Waals surface area contributed by atoms with Crippen LogP contribution in [0.25, 0.3) is 0 Å². The van der Waals surface area contributed by atoms with Crippen LogP contribution in [0.3, 0.4) is 0 Å². The summed E-state index contributed by atoms with van der Waals surface area (Å²) < 4.78 is 11.2. The Morgan fingerprint density at radius 3 is 2.69 bits per heavy atom. The summed E-state index contributed by atoms with van der Waals surface area (Å²) in [4.78, 5) is 26.9. The van der Waals surface area contributed by atoms with E-state index in [2.05, 4.69) is 5.32 Å². The molecule has 2 amide bonds. The van der Waals surface area contributed by atoms with Gasteiger partial charge in [0, 0.05) is 6.54 Å². The maximum atomic E-state index is 12.7. The van der Waals surface area contributed by atoms with Crippen LogP contribution in [0, 0.1) is 5.92 Å². The maximum absolute atomic E-state index is 12.7. The van der Waals surface area contributed by atoms with Crippen molar-refractivity contribution in [2.45, 2.75) is 51.4 Å². The SMILES string of the molecule is CC(C)C[C@H](CO)NC(=O)[C@H]1O[C@@H]2CN(Cc3ccccc3)C(=O)[C@@H]1O2. The van der Waals surface area contributed by atoms with Crippen molar-refractivity contribution >= 4 is 11.8 Å².